The van der Waals surface area contributed by atoms with Gasteiger partial charge in [-0.05, 0) is 30.4 Å². The summed E-state index contributed by atoms with van der Waals surface area (Å²) in [4.78, 5) is 10.9. The average Bonchev–Trinajstić information content (AvgIpc) is 3.40. The molecule has 0 aliphatic carbocycles. The lowest BCUT2D eigenvalue weighted by atomic mass is 9.97. The zero-order chi connectivity index (χ0) is 19.7. The highest BCUT2D eigenvalue weighted by Crippen LogP contribution is 2.40. The van der Waals surface area contributed by atoms with Crippen molar-refractivity contribution >= 4 is 5.97 Å². The zero-order valence-corrected chi connectivity index (χ0v) is 15.6. The minimum absolute atomic E-state index is 0.242. The van der Waals surface area contributed by atoms with Gasteiger partial charge in [-0.3, -0.25) is 0 Å². The van der Waals surface area contributed by atoms with Gasteiger partial charge in [0.15, 0.2) is 0 Å². The van der Waals surface area contributed by atoms with Crippen LogP contribution in [0.4, 0.5) is 13.2 Å². The minimum atomic E-state index is -4.02. The normalized spacial score (nSPS) is 19.2. The third-order valence-electron chi connectivity index (χ3n) is 4.99. The lowest BCUT2D eigenvalue weighted by molar-refractivity contribution is -0.307. The third-order valence-corrected chi connectivity index (χ3v) is 4.99. The smallest absolute Gasteiger partial charge is 0.389 e. The molecule has 3 nitrogen and oxygen atoms in total. The van der Waals surface area contributed by atoms with E-state index in [4.69, 9.17) is 4.74 Å². The van der Waals surface area contributed by atoms with Gasteiger partial charge in [0, 0.05) is 6.42 Å². The highest BCUT2D eigenvalue weighted by molar-refractivity contribution is 5.74. The maximum Gasteiger partial charge on any atom is 0.389 e. The molecule has 2 rings (SSSR count). The second-order valence-electron chi connectivity index (χ2n) is 7.29. The molecule has 0 aromatic heterocycles. The molecule has 1 aromatic carbocycles. The number of benzene rings is 1. The molecule has 27 heavy (non-hydrogen) atoms. The van der Waals surface area contributed by atoms with Gasteiger partial charge >= 0.3 is 6.18 Å². The van der Waals surface area contributed by atoms with Crippen molar-refractivity contribution in [3.05, 3.63) is 35.4 Å². The van der Waals surface area contributed by atoms with E-state index in [0.29, 0.717) is 6.42 Å². The van der Waals surface area contributed by atoms with Gasteiger partial charge in [0.05, 0.1) is 5.97 Å². The van der Waals surface area contributed by atoms with Crippen LogP contribution in [0.2, 0.25) is 0 Å². The topological polar surface area (TPSA) is 52.7 Å². The van der Waals surface area contributed by atoms with E-state index in [1.54, 1.807) is 0 Å². The van der Waals surface area contributed by atoms with Crippen molar-refractivity contribution in [2.75, 3.05) is 0 Å². The number of epoxide rings is 1. The standard InChI is InChI=1S/C21H29F3O3/c22-21(23,24)15-11-7-5-3-1-2-4-6-8-12-16-13-9-10-14-17(16)18-19(27-18)20(25)26/h9-10,13-14,18-19H,1-8,11-12,15H2,(H,25,26)/p-1. The van der Waals surface area contributed by atoms with Crippen molar-refractivity contribution in [2.24, 2.45) is 0 Å². The quantitative estimate of drug-likeness (QED) is 0.359. The summed E-state index contributed by atoms with van der Waals surface area (Å²) in [5.74, 6) is -1.16. The molecule has 6 heteroatoms. The first-order valence-corrected chi connectivity index (χ1v) is 9.89. The van der Waals surface area contributed by atoms with E-state index >= 15 is 0 Å². The molecule has 0 N–H and O–H groups in total. The van der Waals surface area contributed by atoms with Gasteiger partial charge in [-0.25, -0.2) is 0 Å². The number of aliphatic carboxylic acids is 1. The van der Waals surface area contributed by atoms with E-state index < -0.39 is 24.7 Å². The summed E-state index contributed by atoms with van der Waals surface area (Å²) in [5, 5.41) is 10.9. The summed E-state index contributed by atoms with van der Waals surface area (Å²) in [5.41, 5.74) is 2.08. The number of hydrogen-bond donors (Lipinski definition) is 0. The molecule has 1 heterocycles. The SMILES string of the molecule is O=C([O-])C1OC1c1ccccc1CCCCCCCCCCCC(F)(F)F. The second kappa shape index (κ2) is 10.7. The Balaban J connectivity index is 1.51. The summed E-state index contributed by atoms with van der Waals surface area (Å²) in [6.45, 7) is 0. The third kappa shape index (κ3) is 8.33. The predicted octanol–water partition coefficient (Wildman–Crippen LogP) is 4.88. The van der Waals surface area contributed by atoms with Gasteiger partial charge in [-0.1, -0.05) is 69.2 Å². The molecule has 0 amide bonds. The summed E-state index contributed by atoms with van der Waals surface area (Å²) in [6, 6.07) is 7.78. The van der Waals surface area contributed by atoms with Crippen LogP contribution >= 0.6 is 0 Å². The molecule has 1 saturated heterocycles. The zero-order valence-electron chi connectivity index (χ0n) is 15.6. The fourth-order valence-electron chi connectivity index (χ4n) is 3.45. The van der Waals surface area contributed by atoms with Crippen LogP contribution in [0.3, 0.4) is 0 Å². The number of carbonyl (C=O) groups excluding carboxylic acids is 1. The Bertz CT molecular complexity index is 586. The van der Waals surface area contributed by atoms with Crippen LogP contribution < -0.4 is 5.11 Å². The fourth-order valence-corrected chi connectivity index (χ4v) is 3.45. The molecular formula is C21H28F3O3-. The first-order valence-electron chi connectivity index (χ1n) is 9.89. The maximum atomic E-state index is 12.0. The Labute approximate surface area is 158 Å². The Morgan fingerprint density at radius 1 is 0.926 bits per heavy atom. The van der Waals surface area contributed by atoms with E-state index in [0.717, 1.165) is 62.5 Å². The molecule has 0 spiro atoms. The van der Waals surface area contributed by atoms with Crippen molar-refractivity contribution in [1.29, 1.82) is 0 Å². The molecule has 1 fully saturated rings. The molecule has 1 aliphatic rings. The number of unbranched alkanes of at least 4 members (excludes halogenated alkanes) is 8. The molecule has 0 saturated carbocycles. The van der Waals surface area contributed by atoms with Crippen LogP contribution in [0.15, 0.2) is 24.3 Å². The van der Waals surface area contributed by atoms with Crippen molar-refractivity contribution in [3.8, 4) is 0 Å². The Morgan fingerprint density at radius 2 is 1.48 bits per heavy atom. The van der Waals surface area contributed by atoms with Crippen molar-refractivity contribution in [2.45, 2.75) is 89.0 Å². The lowest BCUT2D eigenvalue weighted by Gasteiger charge is -2.08. The van der Waals surface area contributed by atoms with E-state index in [2.05, 4.69) is 0 Å². The second-order valence-corrected chi connectivity index (χ2v) is 7.29. The van der Waals surface area contributed by atoms with E-state index in [1.165, 1.54) is 0 Å². The van der Waals surface area contributed by atoms with Gasteiger partial charge in [0.25, 0.3) is 0 Å². The number of carbonyl (C=O) groups is 1. The summed E-state index contributed by atoms with van der Waals surface area (Å²) in [6.07, 6.45) is 3.24. The maximum absolute atomic E-state index is 12.0. The van der Waals surface area contributed by atoms with Gasteiger partial charge in [-0.2, -0.15) is 13.2 Å². The van der Waals surface area contributed by atoms with Crippen molar-refractivity contribution < 1.29 is 27.8 Å². The first-order chi connectivity index (χ1) is 12.9. The minimum Gasteiger partial charge on any atom is -0.547 e. The van der Waals surface area contributed by atoms with Crippen LogP contribution in [0.5, 0.6) is 0 Å². The Kier molecular flexibility index (Phi) is 8.61. The molecule has 2 unspecified atom stereocenters. The number of carboxylic acid groups (broad SMARTS) is 1. The van der Waals surface area contributed by atoms with Gasteiger partial charge in [0.1, 0.15) is 12.2 Å². The number of aryl methyl sites for hydroxylation is 1. The van der Waals surface area contributed by atoms with Gasteiger partial charge in [-0.15, -0.1) is 0 Å². The summed E-state index contributed by atoms with van der Waals surface area (Å²) in [7, 11) is 0. The molecule has 2 atom stereocenters. The summed E-state index contributed by atoms with van der Waals surface area (Å²) >= 11 is 0. The van der Waals surface area contributed by atoms with Crippen molar-refractivity contribution in [3.63, 3.8) is 0 Å². The number of alkyl halides is 3. The molecular weight excluding hydrogens is 357 g/mol. The van der Waals surface area contributed by atoms with Gasteiger partial charge < -0.3 is 14.6 Å². The molecule has 1 aromatic rings. The molecule has 1 aliphatic heterocycles. The largest absolute Gasteiger partial charge is 0.547 e. The Hall–Kier alpha value is -1.56. The monoisotopic (exact) mass is 385 g/mol. The van der Waals surface area contributed by atoms with Crippen LogP contribution in [-0.2, 0) is 16.0 Å². The van der Waals surface area contributed by atoms with Crippen molar-refractivity contribution in [1.82, 2.24) is 0 Å². The number of ether oxygens (including phenoxy) is 1. The molecule has 152 valence electrons. The lowest BCUT2D eigenvalue weighted by Crippen LogP contribution is -2.28. The van der Waals surface area contributed by atoms with Crippen LogP contribution in [0.25, 0.3) is 0 Å². The van der Waals surface area contributed by atoms with E-state index in [9.17, 15) is 23.1 Å². The number of halogens is 3. The predicted molar refractivity (Wildman–Crippen MR) is 95.0 cm³/mol. The molecule has 0 radical (unpaired) electrons. The highest BCUT2D eigenvalue weighted by Gasteiger charge is 2.42. The highest BCUT2D eigenvalue weighted by atomic mass is 19.4. The van der Waals surface area contributed by atoms with E-state index in [1.807, 2.05) is 24.3 Å². The van der Waals surface area contributed by atoms with E-state index in [-0.39, 0.29) is 12.5 Å². The van der Waals surface area contributed by atoms with Crippen LogP contribution in [-0.4, -0.2) is 18.2 Å². The number of hydrogen-bond acceptors (Lipinski definition) is 3. The number of rotatable bonds is 13. The fraction of sp³-hybridized carbons (Fsp3) is 0.667. The summed E-state index contributed by atoms with van der Waals surface area (Å²) < 4.78 is 41.3. The van der Waals surface area contributed by atoms with Gasteiger partial charge in [0.2, 0.25) is 0 Å². The Morgan fingerprint density at radius 3 is 2.04 bits per heavy atom. The molecule has 0 bridgehead atoms. The first kappa shape index (κ1) is 21.7. The van der Waals surface area contributed by atoms with Crippen LogP contribution in [0, 0.1) is 0 Å². The average molecular weight is 385 g/mol. The van der Waals surface area contributed by atoms with Crippen LogP contribution in [0.1, 0.15) is 81.4 Å². The number of carboxylic acids is 1.